The van der Waals surface area contributed by atoms with Gasteiger partial charge < -0.3 is 9.64 Å². The van der Waals surface area contributed by atoms with Crippen molar-refractivity contribution in [2.24, 2.45) is 7.05 Å². The predicted molar refractivity (Wildman–Crippen MR) is 114 cm³/mol. The topological polar surface area (TPSA) is 69.4 Å². The normalized spacial score (nSPS) is 14.6. The minimum absolute atomic E-state index is 0.0780. The van der Waals surface area contributed by atoms with Gasteiger partial charge in [0.25, 0.3) is 5.91 Å². The zero-order valence-electron chi connectivity index (χ0n) is 17.6. The summed E-state index contributed by atoms with van der Waals surface area (Å²) in [5, 5.41) is 4.49. The maximum Gasteiger partial charge on any atom is 0.345 e. The maximum atomic E-state index is 14.0. The van der Waals surface area contributed by atoms with Crippen LogP contribution in [-0.4, -0.2) is 45.4 Å². The van der Waals surface area contributed by atoms with E-state index in [0.717, 1.165) is 11.4 Å². The highest BCUT2D eigenvalue weighted by Crippen LogP contribution is 2.28. The van der Waals surface area contributed by atoms with E-state index in [-0.39, 0.29) is 23.3 Å². The summed E-state index contributed by atoms with van der Waals surface area (Å²) in [5.41, 5.74) is 1.19. The number of carbonyl (C=O) groups excluding carboxylic acids is 1. The lowest BCUT2D eigenvalue weighted by molar-refractivity contribution is 0.0709. The van der Waals surface area contributed by atoms with Gasteiger partial charge in [0.05, 0.1) is 13.7 Å². The highest BCUT2D eigenvalue weighted by molar-refractivity contribution is 5.94. The van der Waals surface area contributed by atoms with Crippen molar-refractivity contribution in [2.45, 2.75) is 25.3 Å². The predicted octanol–water partition coefficient (Wildman–Crippen LogP) is 2.80. The van der Waals surface area contributed by atoms with E-state index in [9.17, 15) is 14.0 Å². The molecule has 1 saturated heterocycles. The average Bonchev–Trinajstić information content (AvgIpc) is 3.08. The quantitative estimate of drug-likeness (QED) is 0.632. The number of nitrogens with zero attached hydrogens (tertiary/aromatic N) is 4. The van der Waals surface area contributed by atoms with Gasteiger partial charge in [0, 0.05) is 31.6 Å². The van der Waals surface area contributed by atoms with Gasteiger partial charge >= 0.3 is 5.69 Å². The number of amides is 1. The van der Waals surface area contributed by atoms with Gasteiger partial charge in [0.15, 0.2) is 11.6 Å². The fraction of sp³-hybridized carbons (Fsp3) is 0.348. The second-order valence-electron chi connectivity index (χ2n) is 7.75. The van der Waals surface area contributed by atoms with Gasteiger partial charge in [-0.25, -0.2) is 13.9 Å². The largest absolute Gasteiger partial charge is 0.494 e. The summed E-state index contributed by atoms with van der Waals surface area (Å²) in [6.07, 6.45) is 1.38. The van der Waals surface area contributed by atoms with Crippen LogP contribution >= 0.6 is 0 Å². The lowest BCUT2D eigenvalue weighted by atomic mass is 9.95. The second-order valence-corrected chi connectivity index (χ2v) is 7.75. The van der Waals surface area contributed by atoms with Crippen LogP contribution in [0.5, 0.6) is 5.75 Å². The van der Waals surface area contributed by atoms with E-state index in [1.54, 1.807) is 22.6 Å². The van der Waals surface area contributed by atoms with Crippen LogP contribution in [0, 0.1) is 5.82 Å². The molecule has 1 amide bonds. The highest BCUT2D eigenvalue weighted by Gasteiger charge is 2.29. The molecule has 31 heavy (non-hydrogen) atoms. The molecule has 1 aromatic heterocycles. The number of hydrogen-bond donors (Lipinski definition) is 0. The number of methoxy groups -OCH3 is 1. The minimum atomic E-state index is -0.554. The molecule has 0 spiro atoms. The molecule has 0 N–H and O–H groups in total. The number of rotatable bonds is 5. The van der Waals surface area contributed by atoms with E-state index in [1.807, 2.05) is 30.3 Å². The number of aryl methyl sites for hydroxylation is 1. The molecule has 4 rings (SSSR count). The zero-order valence-corrected chi connectivity index (χ0v) is 17.6. The van der Waals surface area contributed by atoms with Gasteiger partial charge in [0.2, 0.25) is 0 Å². The van der Waals surface area contributed by atoms with Crippen LogP contribution in [0.15, 0.2) is 53.3 Å². The molecule has 1 aliphatic heterocycles. The molecule has 8 heteroatoms. The lowest BCUT2D eigenvalue weighted by Crippen LogP contribution is -2.38. The van der Waals surface area contributed by atoms with Crippen molar-refractivity contribution in [3.8, 4) is 5.75 Å². The molecule has 0 saturated carbocycles. The Balaban J connectivity index is 1.48. The Morgan fingerprint density at radius 3 is 2.52 bits per heavy atom. The molecule has 2 aromatic carbocycles. The Hall–Kier alpha value is -3.42. The van der Waals surface area contributed by atoms with E-state index in [0.29, 0.717) is 38.0 Å². The van der Waals surface area contributed by atoms with Gasteiger partial charge in [-0.3, -0.25) is 9.36 Å². The third-order valence-electron chi connectivity index (χ3n) is 5.77. The molecule has 0 radical (unpaired) electrons. The fourth-order valence-corrected chi connectivity index (χ4v) is 4.06. The first-order valence-corrected chi connectivity index (χ1v) is 10.3. The van der Waals surface area contributed by atoms with Crippen LogP contribution in [0.3, 0.4) is 0 Å². The molecule has 0 bridgehead atoms. The molecule has 0 unspecified atom stereocenters. The zero-order chi connectivity index (χ0) is 22.0. The Labute approximate surface area is 179 Å². The molecule has 1 fully saturated rings. The number of carbonyl (C=O) groups is 1. The first kappa shape index (κ1) is 20.8. The van der Waals surface area contributed by atoms with Crippen molar-refractivity contribution in [3.05, 3.63) is 81.8 Å². The summed E-state index contributed by atoms with van der Waals surface area (Å²) in [6, 6.07) is 14.1. The number of likely N-dealkylation sites (tertiary alicyclic amines) is 1. The number of piperidine rings is 1. The molecular weight excluding hydrogens is 399 g/mol. The standard InChI is InChI=1S/C23H25FN4O3/c1-26-23(30)28(15-16-6-4-3-5-7-16)21(25-26)17-10-12-27(13-11-17)22(29)18-8-9-20(31-2)19(24)14-18/h3-9,14,17H,10-13,15H2,1-2H3. The molecule has 162 valence electrons. The van der Waals surface area contributed by atoms with Gasteiger partial charge in [-0.1, -0.05) is 30.3 Å². The van der Waals surface area contributed by atoms with Crippen molar-refractivity contribution >= 4 is 5.91 Å². The Morgan fingerprint density at radius 2 is 1.87 bits per heavy atom. The number of halogens is 1. The van der Waals surface area contributed by atoms with Gasteiger partial charge in [0.1, 0.15) is 5.82 Å². The van der Waals surface area contributed by atoms with Crippen molar-refractivity contribution in [2.75, 3.05) is 20.2 Å². The molecule has 1 aliphatic rings. The summed E-state index contributed by atoms with van der Waals surface area (Å²) >= 11 is 0. The van der Waals surface area contributed by atoms with E-state index >= 15 is 0 Å². The van der Waals surface area contributed by atoms with E-state index in [2.05, 4.69) is 5.10 Å². The SMILES string of the molecule is COc1ccc(C(=O)N2CCC(c3nn(C)c(=O)n3Cc3ccccc3)CC2)cc1F. The monoisotopic (exact) mass is 424 g/mol. The van der Waals surface area contributed by atoms with Gasteiger partial charge in [-0.05, 0) is 36.6 Å². The van der Waals surface area contributed by atoms with Crippen molar-refractivity contribution in [3.63, 3.8) is 0 Å². The fourth-order valence-electron chi connectivity index (χ4n) is 4.06. The van der Waals surface area contributed by atoms with Crippen LogP contribution in [0.4, 0.5) is 4.39 Å². The summed E-state index contributed by atoms with van der Waals surface area (Å²) in [5.74, 6) is 0.180. The lowest BCUT2D eigenvalue weighted by Gasteiger charge is -2.31. The van der Waals surface area contributed by atoms with Gasteiger partial charge in [-0.15, -0.1) is 0 Å². The van der Waals surface area contributed by atoms with Crippen LogP contribution in [0.2, 0.25) is 0 Å². The van der Waals surface area contributed by atoms with E-state index in [1.165, 1.54) is 23.9 Å². The van der Waals surface area contributed by atoms with Crippen LogP contribution in [0.25, 0.3) is 0 Å². The third-order valence-corrected chi connectivity index (χ3v) is 5.77. The number of benzene rings is 2. The molecule has 3 aromatic rings. The summed E-state index contributed by atoms with van der Waals surface area (Å²) < 4.78 is 22.0. The Morgan fingerprint density at radius 1 is 1.16 bits per heavy atom. The average molecular weight is 424 g/mol. The Bertz CT molecular complexity index is 1130. The van der Waals surface area contributed by atoms with E-state index in [4.69, 9.17) is 4.74 Å². The molecule has 0 atom stereocenters. The summed E-state index contributed by atoms with van der Waals surface area (Å²) in [7, 11) is 3.05. The molecular formula is C23H25FN4O3. The van der Waals surface area contributed by atoms with Crippen LogP contribution in [-0.2, 0) is 13.6 Å². The molecule has 7 nitrogen and oxygen atoms in total. The van der Waals surface area contributed by atoms with Crippen molar-refractivity contribution in [1.82, 2.24) is 19.2 Å². The first-order valence-electron chi connectivity index (χ1n) is 10.3. The van der Waals surface area contributed by atoms with Gasteiger partial charge in [-0.2, -0.15) is 5.10 Å². The number of hydrogen-bond acceptors (Lipinski definition) is 4. The summed E-state index contributed by atoms with van der Waals surface area (Å²) in [6.45, 7) is 1.51. The highest BCUT2D eigenvalue weighted by atomic mass is 19.1. The molecule has 2 heterocycles. The van der Waals surface area contributed by atoms with E-state index < -0.39 is 5.82 Å². The van der Waals surface area contributed by atoms with Crippen molar-refractivity contribution in [1.29, 1.82) is 0 Å². The molecule has 0 aliphatic carbocycles. The second kappa shape index (κ2) is 8.75. The maximum absolute atomic E-state index is 14.0. The number of aromatic nitrogens is 3. The summed E-state index contributed by atoms with van der Waals surface area (Å²) in [4.78, 5) is 27.2. The number of ether oxygens (including phenoxy) is 1. The Kier molecular flexibility index (Phi) is 5.88. The van der Waals surface area contributed by atoms with Crippen LogP contribution < -0.4 is 10.4 Å². The minimum Gasteiger partial charge on any atom is -0.494 e. The smallest absolute Gasteiger partial charge is 0.345 e. The van der Waals surface area contributed by atoms with Crippen molar-refractivity contribution < 1.29 is 13.9 Å². The first-order chi connectivity index (χ1) is 15.0. The van der Waals surface area contributed by atoms with Crippen LogP contribution in [0.1, 0.15) is 40.5 Å². The third kappa shape index (κ3) is 4.23.